The number of hydrogen-bond acceptors (Lipinski definition) is 4. The van der Waals surface area contributed by atoms with Crippen LogP contribution in [0.2, 0.25) is 0 Å². The molecule has 3 aliphatic rings. The number of carbonyl (C=O) groups excluding carboxylic acids is 2. The molecule has 3 rings (SSSR count). The van der Waals surface area contributed by atoms with Crippen LogP contribution in [0, 0.1) is 5.92 Å². The third kappa shape index (κ3) is 1.82. The largest absolute Gasteiger partial charge is 0.349 e. The fourth-order valence-electron chi connectivity index (χ4n) is 1.87. The topological polar surface area (TPSA) is 70.9 Å². The molecule has 0 aromatic heterocycles. The van der Waals surface area contributed by atoms with E-state index in [4.69, 9.17) is 0 Å². The van der Waals surface area contributed by atoms with Gasteiger partial charge in [0.25, 0.3) is 11.8 Å². The van der Waals surface area contributed by atoms with E-state index in [0.29, 0.717) is 16.0 Å². The molecule has 0 aromatic carbocycles. The lowest BCUT2D eigenvalue weighted by atomic mass is 10.00. The molecule has 2 amide bonds. The predicted octanol–water partition coefficient (Wildman–Crippen LogP) is 0.869. The van der Waals surface area contributed by atoms with E-state index in [1.165, 1.54) is 18.1 Å². The fourth-order valence-corrected chi connectivity index (χ4v) is 3.01. The average Bonchev–Trinajstić information content (AvgIpc) is 3.02. The maximum Gasteiger partial charge on any atom is 0.261 e. The third-order valence-corrected chi connectivity index (χ3v) is 4.24. The number of thioether (sulfide) groups is 1. The Kier molecular flexibility index (Phi) is 2.39. The van der Waals surface area contributed by atoms with E-state index in [1.807, 2.05) is 0 Å². The maximum absolute atomic E-state index is 12.0. The number of aliphatic imine (C=N–C) groups is 2. The zero-order valence-corrected chi connectivity index (χ0v) is 10.1. The molecular weight excluding hydrogens is 238 g/mol. The quantitative estimate of drug-likeness (QED) is 0.789. The summed E-state index contributed by atoms with van der Waals surface area (Å²) in [7, 11) is 0. The Bertz CT molecular complexity index is 503. The van der Waals surface area contributed by atoms with Gasteiger partial charge in [-0.25, -0.2) is 9.98 Å². The zero-order valence-electron chi connectivity index (χ0n) is 9.27. The number of rotatable bonds is 2. The lowest BCUT2D eigenvalue weighted by molar-refractivity contribution is -0.118. The van der Waals surface area contributed by atoms with Crippen molar-refractivity contribution in [1.29, 1.82) is 0 Å². The summed E-state index contributed by atoms with van der Waals surface area (Å²) >= 11 is 1.29. The lowest BCUT2D eigenvalue weighted by Crippen LogP contribution is -2.26. The first-order chi connectivity index (χ1) is 8.16. The molecule has 0 spiro atoms. The lowest BCUT2D eigenvalue weighted by Gasteiger charge is -2.09. The van der Waals surface area contributed by atoms with Crippen LogP contribution in [0.4, 0.5) is 0 Å². The SMILES string of the molecule is CC1=C(C(=O)NC2CC2)SC2=NC=NC(=O)C21. The zero-order chi connectivity index (χ0) is 12.0. The van der Waals surface area contributed by atoms with E-state index in [2.05, 4.69) is 15.3 Å². The molecule has 0 saturated heterocycles. The summed E-state index contributed by atoms with van der Waals surface area (Å²) in [5.74, 6) is -0.737. The van der Waals surface area contributed by atoms with Gasteiger partial charge in [0.1, 0.15) is 12.3 Å². The third-order valence-electron chi connectivity index (χ3n) is 2.98. The van der Waals surface area contributed by atoms with Crippen molar-refractivity contribution in [2.45, 2.75) is 25.8 Å². The first kappa shape index (κ1) is 10.7. The van der Waals surface area contributed by atoms with Crippen molar-refractivity contribution in [3.8, 4) is 0 Å². The summed E-state index contributed by atoms with van der Waals surface area (Å²) in [4.78, 5) is 31.9. The standard InChI is InChI=1S/C11H11N3O2S/c1-5-7-9(15)12-4-13-11(7)17-8(5)10(16)14-6-2-3-6/h4,6-7H,2-3H2,1H3,(H,14,16). The first-order valence-electron chi connectivity index (χ1n) is 5.50. The van der Waals surface area contributed by atoms with Gasteiger partial charge in [0.2, 0.25) is 0 Å². The molecule has 6 heteroatoms. The summed E-state index contributed by atoms with van der Waals surface area (Å²) in [6.45, 7) is 1.81. The fraction of sp³-hybridized carbons (Fsp3) is 0.455. The van der Waals surface area contributed by atoms with Gasteiger partial charge < -0.3 is 5.32 Å². The number of hydrogen-bond donors (Lipinski definition) is 1. The summed E-state index contributed by atoms with van der Waals surface area (Å²) in [6.07, 6.45) is 3.36. The molecule has 2 heterocycles. The van der Waals surface area contributed by atoms with Crippen molar-refractivity contribution in [3.63, 3.8) is 0 Å². The highest BCUT2D eigenvalue weighted by Gasteiger charge is 2.39. The molecule has 1 unspecified atom stereocenters. The van der Waals surface area contributed by atoms with Gasteiger partial charge >= 0.3 is 0 Å². The second kappa shape index (κ2) is 3.80. The van der Waals surface area contributed by atoms with Crippen molar-refractivity contribution in [2.75, 3.05) is 0 Å². The van der Waals surface area contributed by atoms with Crippen LogP contribution in [0.15, 0.2) is 20.5 Å². The number of carbonyl (C=O) groups is 2. The van der Waals surface area contributed by atoms with Crippen molar-refractivity contribution >= 4 is 35.0 Å². The molecule has 0 radical (unpaired) electrons. The molecule has 1 fully saturated rings. The van der Waals surface area contributed by atoms with Crippen molar-refractivity contribution in [1.82, 2.24) is 5.32 Å². The van der Waals surface area contributed by atoms with Gasteiger partial charge in [0.05, 0.1) is 9.95 Å². The predicted molar refractivity (Wildman–Crippen MR) is 65.9 cm³/mol. The van der Waals surface area contributed by atoms with E-state index in [0.717, 1.165) is 18.4 Å². The molecule has 5 nitrogen and oxygen atoms in total. The van der Waals surface area contributed by atoms with Crippen LogP contribution in [0.1, 0.15) is 19.8 Å². The molecule has 1 N–H and O–H groups in total. The molecule has 0 aromatic rings. The van der Waals surface area contributed by atoms with Gasteiger partial charge in [0, 0.05) is 6.04 Å². The highest BCUT2D eigenvalue weighted by atomic mass is 32.2. The smallest absolute Gasteiger partial charge is 0.261 e. The second-order valence-corrected chi connectivity index (χ2v) is 5.38. The van der Waals surface area contributed by atoms with E-state index in [-0.39, 0.29) is 11.8 Å². The highest BCUT2D eigenvalue weighted by Crippen LogP contribution is 2.40. The molecular formula is C11H11N3O2S. The van der Waals surface area contributed by atoms with Gasteiger partial charge in [-0.3, -0.25) is 9.59 Å². The van der Waals surface area contributed by atoms with Gasteiger partial charge in [-0.2, -0.15) is 0 Å². The van der Waals surface area contributed by atoms with Gasteiger partial charge in [-0.15, -0.1) is 0 Å². The van der Waals surface area contributed by atoms with Crippen LogP contribution >= 0.6 is 11.8 Å². The Morgan fingerprint density at radius 3 is 2.94 bits per heavy atom. The van der Waals surface area contributed by atoms with Crippen LogP contribution in [-0.4, -0.2) is 29.2 Å². The molecule has 0 bridgehead atoms. The van der Waals surface area contributed by atoms with Crippen LogP contribution < -0.4 is 5.32 Å². The first-order valence-corrected chi connectivity index (χ1v) is 6.32. The summed E-state index contributed by atoms with van der Waals surface area (Å²) in [5.41, 5.74) is 0.772. The van der Waals surface area contributed by atoms with Crippen LogP contribution in [0.5, 0.6) is 0 Å². The molecule has 17 heavy (non-hydrogen) atoms. The Balaban J connectivity index is 1.86. The Morgan fingerprint density at radius 1 is 1.53 bits per heavy atom. The van der Waals surface area contributed by atoms with Crippen molar-refractivity contribution in [2.24, 2.45) is 15.9 Å². The van der Waals surface area contributed by atoms with E-state index >= 15 is 0 Å². The van der Waals surface area contributed by atoms with E-state index < -0.39 is 5.92 Å². The molecule has 1 aliphatic carbocycles. The number of nitrogens with zero attached hydrogens (tertiary/aromatic N) is 2. The van der Waals surface area contributed by atoms with Gasteiger partial charge in [0.15, 0.2) is 0 Å². The van der Waals surface area contributed by atoms with E-state index in [1.54, 1.807) is 6.92 Å². The summed E-state index contributed by atoms with van der Waals surface area (Å²) in [5, 5.41) is 3.60. The van der Waals surface area contributed by atoms with Gasteiger partial charge in [-0.1, -0.05) is 11.8 Å². The molecule has 1 atom stereocenters. The van der Waals surface area contributed by atoms with Crippen LogP contribution in [0.3, 0.4) is 0 Å². The van der Waals surface area contributed by atoms with Crippen LogP contribution in [0.25, 0.3) is 0 Å². The minimum atomic E-state index is -0.426. The van der Waals surface area contributed by atoms with Crippen molar-refractivity contribution in [3.05, 3.63) is 10.5 Å². The van der Waals surface area contributed by atoms with E-state index in [9.17, 15) is 9.59 Å². The highest BCUT2D eigenvalue weighted by molar-refractivity contribution is 8.18. The minimum absolute atomic E-state index is 0.0834. The Labute approximate surface area is 102 Å². The number of amides is 2. The molecule has 2 aliphatic heterocycles. The number of nitrogens with one attached hydrogen (secondary N) is 1. The summed E-state index contributed by atoms with van der Waals surface area (Å²) < 4.78 is 0. The monoisotopic (exact) mass is 249 g/mol. The maximum atomic E-state index is 12.0. The van der Waals surface area contributed by atoms with Crippen LogP contribution in [-0.2, 0) is 9.59 Å². The summed E-state index contributed by atoms with van der Waals surface area (Å²) in [6, 6.07) is 0.319. The average molecular weight is 249 g/mol. The molecule has 88 valence electrons. The molecule has 1 saturated carbocycles. The Morgan fingerprint density at radius 2 is 2.29 bits per heavy atom. The number of fused-ring (bicyclic) bond motifs is 1. The Hall–Kier alpha value is -1.43. The van der Waals surface area contributed by atoms with Crippen molar-refractivity contribution < 1.29 is 9.59 Å². The van der Waals surface area contributed by atoms with Gasteiger partial charge in [-0.05, 0) is 25.3 Å². The minimum Gasteiger partial charge on any atom is -0.349 e. The second-order valence-electron chi connectivity index (χ2n) is 4.35. The normalized spacial score (nSPS) is 27.0.